The normalized spacial score (nSPS) is 15.3. The molecule has 0 spiro atoms. The van der Waals surface area contributed by atoms with E-state index in [2.05, 4.69) is 0 Å². The quantitative estimate of drug-likeness (QED) is 0.776. The molecule has 7 heteroatoms. The minimum absolute atomic E-state index is 0.0132. The molecule has 18 heavy (non-hydrogen) atoms. The summed E-state index contributed by atoms with van der Waals surface area (Å²) in [5.41, 5.74) is 0. The summed E-state index contributed by atoms with van der Waals surface area (Å²) in [6, 6.07) is -1.92. The summed E-state index contributed by atoms with van der Waals surface area (Å²) in [7, 11) is 0. The highest BCUT2D eigenvalue weighted by Crippen LogP contribution is 2.22. The molecular weight excluding hydrogens is 251 g/mol. The predicted molar refractivity (Wildman–Crippen MR) is 58.9 cm³/mol. The van der Waals surface area contributed by atoms with Gasteiger partial charge in [-0.25, -0.2) is 4.79 Å². The van der Waals surface area contributed by atoms with Crippen molar-refractivity contribution >= 4 is 11.9 Å². The highest BCUT2D eigenvalue weighted by molar-refractivity contribution is 5.83. The number of alkyl halides is 3. The van der Waals surface area contributed by atoms with Crippen molar-refractivity contribution in [3.63, 3.8) is 0 Å². The largest absolute Gasteiger partial charge is 0.480 e. The Morgan fingerprint density at radius 2 is 1.72 bits per heavy atom. The zero-order valence-corrected chi connectivity index (χ0v) is 10.5. The molecule has 0 aromatic carbocycles. The average Bonchev–Trinajstić information content (AvgIpc) is 2.13. The van der Waals surface area contributed by atoms with E-state index >= 15 is 0 Å². The van der Waals surface area contributed by atoms with Crippen LogP contribution in [0, 0.1) is 11.8 Å². The van der Waals surface area contributed by atoms with Crippen molar-refractivity contribution < 1.29 is 27.9 Å². The topological polar surface area (TPSA) is 66.4 Å². The number of rotatable bonds is 6. The number of hydrogen-bond donors (Lipinski definition) is 2. The maximum atomic E-state index is 12.1. The van der Waals surface area contributed by atoms with Gasteiger partial charge in [0, 0.05) is 6.42 Å². The summed E-state index contributed by atoms with van der Waals surface area (Å²) in [6.07, 6.45) is -6.18. The monoisotopic (exact) mass is 269 g/mol. The molecule has 0 aliphatic rings. The molecule has 4 nitrogen and oxygen atoms in total. The van der Waals surface area contributed by atoms with Gasteiger partial charge in [-0.15, -0.1) is 0 Å². The Bertz CT molecular complexity index is 302. The van der Waals surface area contributed by atoms with Gasteiger partial charge in [0.05, 0.1) is 6.42 Å². The molecule has 0 aromatic heterocycles. The number of amides is 1. The van der Waals surface area contributed by atoms with Gasteiger partial charge in [-0.05, 0) is 11.8 Å². The van der Waals surface area contributed by atoms with Gasteiger partial charge in [0.2, 0.25) is 5.91 Å². The van der Waals surface area contributed by atoms with Crippen LogP contribution in [0.2, 0.25) is 0 Å². The molecule has 0 radical (unpaired) electrons. The Kier molecular flexibility index (Phi) is 6.14. The van der Waals surface area contributed by atoms with Gasteiger partial charge in [-0.1, -0.05) is 20.8 Å². The van der Waals surface area contributed by atoms with Gasteiger partial charge >= 0.3 is 12.1 Å². The molecule has 0 heterocycles. The van der Waals surface area contributed by atoms with E-state index in [1.807, 2.05) is 19.2 Å². The molecule has 2 unspecified atom stereocenters. The van der Waals surface area contributed by atoms with Crippen molar-refractivity contribution in [1.29, 1.82) is 0 Å². The molecule has 0 aliphatic heterocycles. The molecule has 106 valence electrons. The van der Waals surface area contributed by atoms with E-state index in [0.29, 0.717) is 0 Å². The molecule has 0 saturated heterocycles. The number of carbonyl (C=O) groups excluding carboxylic acids is 1. The summed E-state index contributed by atoms with van der Waals surface area (Å²) in [4.78, 5) is 22.0. The standard InChI is InChI=1S/C11H18F3NO3/c1-6(2)7(3)4-9(16)15-8(10(17)18)5-11(12,13)14/h6-8H,4-5H2,1-3H3,(H,15,16)(H,17,18). The summed E-state index contributed by atoms with van der Waals surface area (Å²) >= 11 is 0. The minimum Gasteiger partial charge on any atom is -0.480 e. The van der Waals surface area contributed by atoms with Crippen LogP contribution in [0.15, 0.2) is 0 Å². The first-order valence-corrected chi connectivity index (χ1v) is 5.62. The molecule has 2 N–H and O–H groups in total. The summed E-state index contributed by atoms with van der Waals surface area (Å²) in [6.45, 7) is 5.54. The van der Waals surface area contributed by atoms with Crippen LogP contribution >= 0.6 is 0 Å². The van der Waals surface area contributed by atoms with Gasteiger partial charge in [-0.3, -0.25) is 4.79 Å². The van der Waals surface area contributed by atoms with E-state index in [1.54, 1.807) is 6.92 Å². The predicted octanol–water partition coefficient (Wildman–Crippen LogP) is 2.19. The molecular formula is C11H18F3NO3. The van der Waals surface area contributed by atoms with Crippen molar-refractivity contribution in [3.05, 3.63) is 0 Å². The second kappa shape index (κ2) is 6.61. The van der Waals surface area contributed by atoms with Crippen LogP contribution in [-0.2, 0) is 9.59 Å². The molecule has 0 aromatic rings. The number of carboxylic acids is 1. The van der Waals surface area contributed by atoms with Gasteiger partial charge in [-0.2, -0.15) is 13.2 Å². The van der Waals surface area contributed by atoms with Crippen LogP contribution in [0.25, 0.3) is 0 Å². The van der Waals surface area contributed by atoms with Crippen molar-refractivity contribution in [3.8, 4) is 0 Å². The Morgan fingerprint density at radius 3 is 2.06 bits per heavy atom. The minimum atomic E-state index is -4.62. The van der Waals surface area contributed by atoms with Crippen LogP contribution in [0.3, 0.4) is 0 Å². The van der Waals surface area contributed by atoms with Crippen molar-refractivity contribution in [2.24, 2.45) is 11.8 Å². The zero-order chi connectivity index (χ0) is 14.5. The summed E-state index contributed by atoms with van der Waals surface area (Å²) in [5.74, 6) is -2.18. The van der Waals surface area contributed by atoms with Crippen molar-refractivity contribution in [1.82, 2.24) is 5.32 Å². The third kappa shape index (κ3) is 7.13. The fourth-order valence-electron chi connectivity index (χ4n) is 1.21. The number of halogens is 3. The molecule has 2 atom stereocenters. The summed E-state index contributed by atoms with van der Waals surface area (Å²) in [5, 5.41) is 10.5. The summed E-state index contributed by atoms with van der Waals surface area (Å²) < 4.78 is 36.3. The molecule has 0 aliphatic carbocycles. The van der Waals surface area contributed by atoms with Crippen LogP contribution in [0.5, 0.6) is 0 Å². The van der Waals surface area contributed by atoms with E-state index in [1.165, 1.54) is 0 Å². The third-order valence-electron chi connectivity index (χ3n) is 2.71. The van der Waals surface area contributed by atoms with E-state index in [4.69, 9.17) is 5.11 Å². The van der Waals surface area contributed by atoms with Crippen LogP contribution in [-0.4, -0.2) is 29.2 Å². The third-order valence-corrected chi connectivity index (χ3v) is 2.71. The lowest BCUT2D eigenvalue weighted by molar-refractivity contribution is -0.160. The fourth-order valence-corrected chi connectivity index (χ4v) is 1.21. The number of aliphatic carboxylic acids is 1. The molecule has 0 bridgehead atoms. The van der Waals surface area contributed by atoms with Crippen LogP contribution in [0.4, 0.5) is 13.2 Å². The Hall–Kier alpha value is -1.27. The number of carbonyl (C=O) groups is 2. The van der Waals surface area contributed by atoms with E-state index in [-0.39, 0.29) is 18.3 Å². The van der Waals surface area contributed by atoms with Crippen molar-refractivity contribution in [2.45, 2.75) is 45.8 Å². The van der Waals surface area contributed by atoms with E-state index in [0.717, 1.165) is 0 Å². The van der Waals surface area contributed by atoms with E-state index in [9.17, 15) is 22.8 Å². The SMILES string of the molecule is CC(C)C(C)CC(=O)NC(CC(F)(F)F)C(=O)O. The maximum Gasteiger partial charge on any atom is 0.391 e. The van der Waals surface area contributed by atoms with Gasteiger partial charge in [0.1, 0.15) is 6.04 Å². The maximum absolute atomic E-state index is 12.1. The number of carboxylic acid groups (broad SMARTS) is 1. The Labute approximate surface area is 104 Å². The smallest absolute Gasteiger partial charge is 0.391 e. The van der Waals surface area contributed by atoms with Gasteiger partial charge in [0.25, 0.3) is 0 Å². The lowest BCUT2D eigenvalue weighted by Gasteiger charge is -2.19. The van der Waals surface area contributed by atoms with Crippen LogP contribution in [0.1, 0.15) is 33.6 Å². The number of nitrogens with one attached hydrogen (secondary N) is 1. The zero-order valence-electron chi connectivity index (χ0n) is 10.5. The highest BCUT2D eigenvalue weighted by Gasteiger charge is 2.36. The van der Waals surface area contributed by atoms with Gasteiger partial charge < -0.3 is 10.4 Å². The lowest BCUT2D eigenvalue weighted by atomic mass is 9.94. The van der Waals surface area contributed by atoms with Crippen LogP contribution < -0.4 is 5.32 Å². The Balaban J connectivity index is 4.43. The van der Waals surface area contributed by atoms with Gasteiger partial charge in [0.15, 0.2) is 0 Å². The molecule has 0 saturated carbocycles. The average molecular weight is 269 g/mol. The van der Waals surface area contributed by atoms with Crippen molar-refractivity contribution in [2.75, 3.05) is 0 Å². The molecule has 0 rings (SSSR count). The second-order valence-corrected chi connectivity index (χ2v) is 4.70. The first kappa shape index (κ1) is 16.7. The Morgan fingerprint density at radius 1 is 1.22 bits per heavy atom. The molecule has 1 amide bonds. The lowest BCUT2D eigenvalue weighted by Crippen LogP contribution is -2.44. The fraction of sp³-hybridized carbons (Fsp3) is 0.818. The first-order valence-electron chi connectivity index (χ1n) is 5.62. The first-order chi connectivity index (χ1) is 8.03. The van der Waals surface area contributed by atoms with E-state index < -0.39 is 30.5 Å². The number of hydrogen-bond acceptors (Lipinski definition) is 2. The highest BCUT2D eigenvalue weighted by atomic mass is 19.4. The molecule has 0 fully saturated rings. The second-order valence-electron chi connectivity index (χ2n) is 4.70.